The minimum atomic E-state index is -0.819. The van der Waals surface area contributed by atoms with Crippen molar-refractivity contribution in [1.29, 1.82) is 0 Å². The van der Waals surface area contributed by atoms with Crippen LogP contribution in [0.5, 0.6) is 0 Å². The zero-order chi connectivity index (χ0) is 11.4. The number of carboxylic acids is 1. The van der Waals surface area contributed by atoms with Gasteiger partial charge in [0.1, 0.15) is 0 Å². The highest BCUT2D eigenvalue weighted by atomic mass is 32.2. The second-order valence-corrected chi connectivity index (χ2v) is 4.90. The first-order valence-corrected chi connectivity index (χ1v) is 6.53. The van der Waals surface area contributed by atoms with Crippen molar-refractivity contribution in [2.75, 3.05) is 5.75 Å². The monoisotopic (exact) mass is 242 g/mol. The third kappa shape index (κ3) is 2.98. The number of aliphatic carboxylic acids is 1. The molecule has 2 rings (SSSR count). The minimum absolute atomic E-state index is 0.0706. The highest BCUT2D eigenvalue weighted by molar-refractivity contribution is 7.99. The van der Waals surface area contributed by atoms with Gasteiger partial charge in [-0.3, -0.25) is 4.79 Å². The Hall–Kier alpha value is -1.04. The molecule has 6 heteroatoms. The van der Waals surface area contributed by atoms with Gasteiger partial charge in [-0.05, 0) is 12.8 Å². The largest absolute Gasteiger partial charge is 0.481 e. The average Bonchev–Trinajstić information content (AvgIpc) is 2.85. The molecule has 0 spiro atoms. The first-order valence-electron chi connectivity index (χ1n) is 5.37. The molecule has 1 aromatic heterocycles. The fourth-order valence-electron chi connectivity index (χ4n) is 1.90. The number of nitrogens with zero attached hydrogens (tertiary/aromatic N) is 2. The normalized spacial score (nSPS) is 16.8. The van der Waals surface area contributed by atoms with Gasteiger partial charge in [0.25, 0.3) is 0 Å². The second-order valence-electron chi connectivity index (χ2n) is 3.91. The summed E-state index contributed by atoms with van der Waals surface area (Å²) >= 11 is 1.27. The molecule has 0 aliphatic heterocycles. The molecule has 0 atom stereocenters. The van der Waals surface area contributed by atoms with E-state index in [1.54, 1.807) is 0 Å². The molecule has 0 aromatic carbocycles. The molecule has 0 amide bonds. The molecule has 0 radical (unpaired) electrons. The summed E-state index contributed by atoms with van der Waals surface area (Å²) in [6.45, 7) is 0. The van der Waals surface area contributed by atoms with E-state index in [9.17, 15) is 4.79 Å². The van der Waals surface area contributed by atoms with Gasteiger partial charge in [-0.2, -0.15) is 4.98 Å². The fraction of sp³-hybridized carbons (Fsp3) is 0.700. The number of carbonyl (C=O) groups is 1. The van der Waals surface area contributed by atoms with E-state index in [1.807, 2.05) is 0 Å². The molecule has 1 aliphatic carbocycles. The Morgan fingerprint density at radius 2 is 2.25 bits per heavy atom. The lowest BCUT2D eigenvalue weighted by atomic mass is 10.1. The lowest BCUT2D eigenvalue weighted by Crippen LogP contribution is -1.98. The molecule has 16 heavy (non-hydrogen) atoms. The van der Waals surface area contributed by atoms with Crippen LogP contribution in [0.2, 0.25) is 0 Å². The van der Waals surface area contributed by atoms with Crippen molar-refractivity contribution in [2.24, 2.45) is 0 Å². The maximum absolute atomic E-state index is 10.3. The molecule has 88 valence electrons. The predicted molar refractivity (Wildman–Crippen MR) is 59.3 cm³/mol. The Kier molecular flexibility index (Phi) is 3.82. The van der Waals surface area contributed by atoms with Crippen LogP contribution in [0.3, 0.4) is 0 Å². The SMILES string of the molecule is O=C(O)CSCc1nc(C2CCCC2)no1. The van der Waals surface area contributed by atoms with Gasteiger partial charge < -0.3 is 9.63 Å². The zero-order valence-electron chi connectivity index (χ0n) is 8.89. The van der Waals surface area contributed by atoms with Gasteiger partial charge in [0.15, 0.2) is 5.82 Å². The van der Waals surface area contributed by atoms with Gasteiger partial charge in [0, 0.05) is 5.92 Å². The van der Waals surface area contributed by atoms with Crippen molar-refractivity contribution >= 4 is 17.7 Å². The fourth-order valence-corrected chi connectivity index (χ4v) is 2.47. The number of thioether (sulfide) groups is 1. The first kappa shape index (κ1) is 11.4. The van der Waals surface area contributed by atoms with Gasteiger partial charge in [0.05, 0.1) is 11.5 Å². The maximum Gasteiger partial charge on any atom is 0.313 e. The zero-order valence-corrected chi connectivity index (χ0v) is 9.70. The molecule has 0 bridgehead atoms. The van der Waals surface area contributed by atoms with E-state index in [0.717, 1.165) is 18.7 Å². The van der Waals surface area contributed by atoms with Gasteiger partial charge in [0.2, 0.25) is 5.89 Å². The minimum Gasteiger partial charge on any atom is -0.481 e. The van der Waals surface area contributed by atoms with Crippen molar-refractivity contribution in [3.05, 3.63) is 11.7 Å². The summed E-state index contributed by atoms with van der Waals surface area (Å²) in [5, 5.41) is 12.4. The van der Waals surface area contributed by atoms with Gasteiger partial charge >= 0.3 is 5.97 Å². The molecule has 1 fully saturated rings. The standard InChI is InChI=1S/C10H14N2O3S/c13-9(14)6-16-5-8-11-10(12-15-8)7-3-1-2-4-7/h7H,1-6H2,(H,13,14). The summed E-state index contributed by atoms with van der Waals surface area (Å²) in [7, 11) is 0. The average molecular weight is 242 g/mol. The molecule has 1 aliphatic rings. The van der Waals surface area contributed by atoms with Crippen molar-refractivity contribution in [2.45, 2.75) is 37.4 Å². The van der Waals surface area contributed by atoms with E-state index in [0.29, 0.717) is 17.6 Å². The van der Waals surface area contributed by atoms with Crippen LogP contribution in [0, 0.1) is 0 Å². The summed E-state index contributed by atoms with van der Waals surface area (Å²) < 4.78 is 5.08. The van der Waals surface area contributed by atoms with E-state index < -0.39 is 5.97 Å². The summed E-state index contributed by atoms with van der Waals surface area (Å²) in [5.74, 6) is 1.51. The van der Waals surface area contributed by atoms with E-state index in [1.165, 1.54) is 24.6 Å². The summed E-state index contributed by atoms with van der Waals surface area (Å²) in [4.78, 5) is 14.6. The quantitative estimate of drug-likeness (QED) is 0.851. The first-order chi connectivity index (χ1) is 7.75. The topological polar surface area (TPSA) is 76.2 Å². The van der Waals surface area contributed by atoms with Gasteiger partial charge in [-0.15, -0.1) is 11.8 Å². The van der Waals surface area contributed by atoms with Crippen LogP contribution in [0.4, 0.5) is 0 Å². The van der Waals surface area contributed by atoms with Crippen molar-refractivity contribution < 1.29 is 14.4 Å². The highest BCUT2D eigenvalue weighted by Gasteiger charge is 2.22. The lowest BCUT2D eigenvalue weighted by Gasteiger charge is -1.99. The summed E-state index contributed by atoms with van der Waals surface area (Å²) in [6, 6.07) is 0. The number of carboxylic acid groups (broad SMARTS) is 1. The molecule has 1 heterocycles. The van der Waals surface area contributed by atoms with E-state index in [-0.39, 0.29) is 5.75 Å². The van der Waals surface area contributed by atoms with Crippen molar-refractivity contribution in [1.82, 2.24) is 10.1 Å². The Labute approximate surface area is 97.6 Å². The number of hydrogen-bond donors (Lipinski definition) is 1. The second kappa shape index (κ2) is 5.34. The predicted octanol–water partition coefficient (Wildman–Crippen LogP) is 2.04. The van der Waals surface area contributed by atoms with E-state index >= 15 is 0 Å². The van der Waals surface area contributed by atoms with Crippen LogP contribution in [0.25, 0.3) is 0 Å². The Balaban J connectivity index is 1.84. The van der Waals surface area contributed by atoms with Crippen LogP contribution in [0.15, 0.2) is 4.52 Å². The number of rotatable bonds is 5. The summed E-state index contributed by atoms with van der Waals surface area (Å²) in [6.07, 6.45) is 4.76. The number of aromatic nitrogens is 2. The molecule has 0 saturated heterocycles. The molecular formula is C10H14N2O3S. The molecule has 1 N–H and O–H groups in total. The van der Waals surface area contributed by atoms with E-state index in [4.69, 9.17) is 9.63 Å². The van der Waals surface area contributed by atoms with Gasteiger partial charge in [-0.25, -0.2) is 0 Å². The Bertz CT molecular complexity index is 361. The highest BCUT2D eigenvalue weighted by Crippen LogP contribution is 2.32. The molecule has 5 nitrogen and oxygen atoms in total. The Morgan fingerprint density at radius 3 is 2.94 bits per heavy atom. The van der Waals surface area contributed by atoms with E-state index in [2.05, 4.69) is 10.1 Å². The molecule has 1 aromatic rings. The van der Waals surface area contributed by atoms with Crippen LogP contribution >= 0.6 is 11.8 Å². The smallest absolute Gasteiger partial charge is 0.313 e. The van der Waals surface area contributed by atoms with Gasteiger partial charge in [-0.1, -0.05) is 18.0 Å². The molecule has 0 unspecified atom stereocenters. The van der Waals surface area contributed by atoms with Crippen LogP contribution < -0.4 is 0 Å². The third-order valence-corrected chi connectivity index (χ3v) is 3.56. The summed E-state index contributed by atoms with van der Waals surface area (Å²) in [5.41, 5.74) is 0. The Morgan fingerprint density at radius 1 is 1.50 bits per heavy atom. The van der Waals surface area contributed by atoms with Crippen molar-refractivity contribution in [3.63, 3.8) is 0 Å². The third-order valence-electron chi connectivity index (χ3n) is 2.66. The maximum atomic E-state index is 10.3. The van der Waals surface area contributed by atoms with Crippen LogP contribution in [-0.2, 0) is 10.5 Å². The molecular weight excluding hydrogens is 228 g/mol. The number of hydrogen-bond acceptors (Lipinski definition) is 5. The van der Waals surface area contributed by atoms with Crippen LogP contribution in [0.1, 0.15) is 43.3 Å². The lowest BCUT2D eigenvalue weighted by molar-refractivity contribution is -0.133. The van der Waals surface area contributed by atoms with Crippen LogP contribution in [-0.4, -0.2) is 27.0 Å². The van der Waals surface area contributed by atoms with Crippen molar-refractivity contribution in [3.8, 4) is 0 Å². The molecule has 1 saturated carbocycles.